The van der Waals surface area contributed by atoms with Crippen LogP contribution in [0, 0.1) is 11.3 Å². The number of aryl methyl sites for hydroxylation is 1. The molecule has 6 heteroatoms. The fourth-order valence-electron chi connectivity index (χ4n) is 4.91. The molecule has 1 saturated heterocycles. The third-order valence-electron chi connectivity index (χ3n) is 7.17. The molecule has 0 bridgehead atoms. The lowest BCUT2D eigenvalue weighted by Crippen LogP contribution is -2.54. The number of carbonyl (C=O) groups is 2. The smallest absolute Gasteiger partial charge is 0.246 e. The van der Waals surface area contributed by atoms with Crippen molar-refractivity contribution in [3.63, 3.8) is 0 Å². The quantitative estimate of drug-likeness (QED) is 0.521. The third kappa shape index (κ3) is 4.25. The van der Waals surface area contributed by atoms with Crippen molar-refractivity contribution in [3.05, 3.63) is 34.9 Å². The minimum atomic E-state index is -1.07. The Morgan fingerprint density at radius 2 is 1.93 bits per heavy atom. The monoisotopic (exact) mass is 401 g/mol. The summed E-state index contributed by atoms with van der Waals surface area (Å²) in [6, 6.07) is 6.50. The molecular weight excluding hydrogens is 366 g/mol. The minimum Gasteiger partial charge on any atom is -0.315 e. The first-order chi connectivity index (χ1) is 13.6. The number of piperidine rings is 1. The molecular formula is C23H35N3O3. The molecule has 1 fully saturated rings. The van der Waals surface area contributed by atoms with E-state index in [1.807, 2.05) is 25.1 Å². The Balaban J connectivity index is 1.81. The Kier molecular flexibility index (Phi) is 6.18. The maximum atomic E-state index is 13.6. The SMILES string of the molecule is CC(C)N1CCC(C)(C(=O)C(C)(N)c2ccc3c(c2)CC(C(=O)NO)CC3)CC1. The summed E-state index contributed by atoms with van der Waals surface area (Å²) in [4.78, 5) is 27.8. The van der Waals surface area contributed by atoms with Gasteiger partial charge in [-0.15, -0.1) is 0 Å². The van der Waals surface area contributed by atoms with E-state index in [0.29, 0.717) is 18.9 Å². The number of fused-ring (bicyclic) bond motifs is 1. The lowest BCUT2D eigenvalue weighted by Gasteiger charge is -2.43. The molecule has 0 radical (unpaired) electrons. The van der Waals surface area contributed by atoms with Crippen LogP contribution in [0.15, 0.2) is 18.2 Å². The van der Waals surface area contributed by atoms with Crippen LogP contribution in [0.25, 0.3) is 0 Å². The van der Waals surface area contributed by atoms with Crippen molar-refractivity contribution in [2.75, 3.05) is 13.1 Å². The number of rotatable bonds is 5. The van der Waals surface area contributed by atoms with Gasteiger partial charge in [0.15, 0.2) is 5.78 Å². The lowest BCUT2D eigenvalue weighted by atomic mass is 9.68. The Bertz CT molecular complexity index is 780. The molecule has 0 spiro atoms. The number of hydrogen-bond acceptors (Lipinski definition) is 5. The number of nitrogens with one attached hydrogen (secondary N) is 1. The van der Waals surface area contributed by atoms with E-state index in [0.717, 1.165) is 43.5 Å². The Morgan fingerprint density at radius 3 is 2.52 bits per heavy atom. The van der Waals surface area contributed by atoms with E-state index < -0.39 is 11.0 Å². The van der Waals surface area contributed by atoms with E-state index in [9.17, 15) is 9.59 Å². The van der Waals surface area contributed by atoms with Gasteiger partial charge in [-0.05, 0) is 82.7 Å². The summed E-state index contributed by atoms with van der Waals surface area (Å²) in [6.45, 7) is 10.1. The number of benzene rings is 1. The number of likely N-dealkylation sites (tertiary alicyclic amines) is 1. The number of amides is 1. The molecule has 29 heavy (non-hydrogen) atoms. The molecule has 1 amide bonds. The second kappa shape index (κ2) is 8.17. The van der Waals surface area contributed by atoms with Gasteiger partial charge in [0.05, 0.1) is 5.54 Å². The summed E-state index contributed by atoms with van der Waals surface area (Å²) in [5.74, 6) is -0.508. The van der Waals surface area contributed by atoms with E-state index in [1.165, 1.54) is 5.56 Å². The predicted molar refractivity (Wildman–Crippen MR) is 112 cm³/mol. The fraction of sp³-hybridized carbons (Fsp3) is 0.652. The van der Waals surface area contributed by atoms with Crippen molar-refractivity contribution in [1.29, 1.82) is 0 Å². The topological polar surface area (TPSA) is 95.7 Å². The molecule has 160 valence electrons. The van der Waals surface area contributed by atoms with Crippen molar-refractivity contribution >= 4 is 11.7 Å². The number of nitrogens with two attached hydrogens (primary N) is 1. The minimum absolute atomic E-state index is 0.0915. The molecule has 2 atom stereocenters. The van der Waals surface area contributed by atoms with Crippen LogP contribution in [-0.2, 0) is 28.0 Å². The largest absolute Gasteiger partial charge is 0.315 e. The number of Topliss-reactive ketones (excluding diaryl/α,β-unsaturated/α-hetero) is 1. The Labute approximate surface area is 173 Å². The van der Waals surface area contributed by atoms with Gasteiger partial charge in [-0.3, -0.25) is 14.8 Å². The van der Waals surface area contributed by atoms with E-state index in [2.05, 4.69) is 25.7 Å². The zero-order valence-electron chi connectivity index (χ0n) is 18.1. The van der Waals surface area contributed by atoms with Crippen LogP contribution in [0.3, 0.4) is 0 Å². The highest BCUT2D eigenvalue weighted by Crippen LogP contribution is 2.39. The maximum absolute atomic E-state index is 13.6. The highest BCUT2D eigenvalue weighted by Gasteiger charge is 2.45. The molecule has 0 aromatic heterocycles. The molecule has 6 nitrogen and oxygen atoms in total. The fourth-order valence-corrected chi connectivity index (χ4v) is 4.91. The normalized spacial score (nSPS) is 23.9. The van der Waals surface area contributed by atoms with Gasteiger partial charge in [0.2, 0.25) is 5.91 Å². The van der Waals surface area contributed by atoms with Gasteiger partial charge in [-0.25, -0.2) is 5.48 Å². The lowest BCUT2D eigenvalue weighted by molar-refractivity contribution is -0.136. The molecule has 2 aliphatic rings. The van der Waals surface area contributed by atoms with E-state index in [-0.39, 0.29) is 17.6 Å². The molecule has 4 N–H and O–H groups in total. The summed E-state index contributed by atoms with van der Waals surface area (Å²) in [5, 5.41) is 8.95. The zero-order valence-corrected chi connectivity index (χ0v) is 18.1. The standard InChI is InChI=1S/C23H35N3O3/c1-15(2)26-11-9-22(3,10-12-26)21(28)23(4,24)19-8-7-16-5-6-17(20(27)25-29)13-18(16)14-19/h7-8,14-15,17,29H,5-6,9-13,24H2,1-4H3,(H,25,27). The van der Waals surface area contributed by atoms with Crippen LogP contribution in [-0.4, -0.2) is 40.9 Å². The second-order valence-corrected chi connectivity index (χ2v) is 9.62. The summed E-state index contributed by atoms with van der Waals surface area (Å²) in [5.41, 5.74) is 9.97. The second-order valence-electron chi connectivity index (χ2n) is 9.62. The number of carbonyl (C=O) groups excluding carboxylic acids is 2. The third-order valence-corrected chi connectivity index (χ3v) is 7.17. The molecule has 0 saturated carbocycles. The van der Waals surface area contributed by atoms with Crippen LogP contribution < -0.4 is 11.2 Å². The summed E-state index contributed by atoms with van der Waals surface area (Å²) in [7, 11) is 0. The first-order valence-corrected chi connectivity index (χ1v) is 10.7. The van der Waals surface area contributed by atoms with Crippen LogP contribution in [0.2, 0.25) is 0 Å². The van der Waals surface area contributed by atoms with E-state index in [4.69, 9.17) is 10.9 Å². The van der Waals surface area contributed by atoms with Crippen molar-refractivity contribution in [2.24, 2.45) is 17.1 Å². The van der Waals surface area contributed by atoms with Crippen LogP contribution in [0.5, 0.6) is 0 Å². The number of hydrogen-bond donors (Lipinski definition) is 3. The molecule has 1 heterocycles. The summed E-state index contributed by atoms with van der Waals surface area (Å²) >= 11 is 0. The molecule has 1 aromatic rings. The van der Waals surface area contributed by atoms with Crippen LogP contribution in [0.1, 0.15) is 63.6 Å². The Hall–Kier alpha value is -1.76. The van der Waals surface area contributed by atoms with Crippen molar-refractivity contribution in [3.8, 4) is 0 Å². The van der Waals surface area contributed by atoms with Gasteiger partial charge in [0.1, 0.15) is 0 Å². The molecule has 3 rings (SSSR count). The number of ketones is 1. The molecule has 1 aromatic carbocycles. The Morgan fingerprint density at radius 1 is 1.28 bits per heavy atom. The number of nitrogens with zero attached hydrogens (tertiary/aromatic N) is 1. The maximum Gasteiger partial charge on any atom is 0.246 e. The van der Waals surface area contributed by atoms with Gasteiger partial charge in [-0.2, -0.15) is 0 Å². The summed E-state index contributed by atoms with van der Waals surface area (Å²) < 4.78 is 0. The van der Waals surface area contributed by atoms with Crippen LogP contribution >= 0.6 is 0 Å². The van der Waals surface area contributed by atoms with Crippen LogP contribution in [0.4, 0.5) is 0 Å². The first kappa shape index (κ1) is 21.9. The van der Waals surface area contributed by atoms with E-state index in [1.54, 1.807) is 5.48 Å². The van der Waals surface area contributed by atoms with E-state index >= 15 is 0 Å². The number of hydroxylamine groups is 1. The van der Waals surface area contributed by atoms with Gasteiger partial charge in [0, 0.05) is 17.4 Å². The highest BCUT2D eigenvalue weighted by atomic mass is 16.5. The zero-order chi connectivity index (χ0) is 21.4. The van der Waals surface area contributed by atoms with Gasteiger partial charge >= 0.3 is 0 Å². The average molecular weight is 402 g/mol. The highest BCUT2D eigenvalue weighted by molar-refractivity contribution is 5.94. The predicted octanol–water partition coefficient (Wildman–Crippen LogP) is 2.55. The molecule has 1 aliphatic carbocycles. The van der Waals surface area contributed by atoms with Gasteiger partial charge in [0.25, 0.3) is 0 Å². The van der Waals surface area contributed by atoms with Crippen molar-refractivity contribution in [2.45, 2.75) is 71.4 Å². The molecule has 2 unspecified atom stereocenters. The summed E-state index contributed by atoms with van der Waals surface area (Å²) in [6.07, 6.45) is 3.69. The van der Waals surface area contributed by atoms with Crippen molar-refractivity contribution in [1.82, 2.24) is 10.4 Å². The van der Waals surface area contributed by atoms with Gasteiger partial charge < -0.3 is 10.6 Å². The van der Waals surface area contributed by atoms with Gasteiger partial charge in [-0.1, -0.05) is 25.1 Å². The first-order valence-electron chi connectivity index (χ1n) is 10.7. The van der Waals surface area contributed by atoms with Crippen molar-refractivity contribution < 1.29 is 14.8 Å². The molecule has 1 aliphatic heterocycles. The average Bonchev–Trinajstić information content (AvgIpc) is 2.71.